The molecule has 2 aliphatic carbocycles. The molecule has 0 amide bonds. The molecule has 1 heterocycles. The van der Waals surface area contributed by atoms with Crippen LogP contribution >= 0.6 is 0 Å². The fraction of sp³-hybridized carbons (Fsp3) is 0.455. The highest BCUT2D eigenvalue weighted by atomic mass is 16.2. The Bertz CT molecular complexity index is 924. The fourth-order valence-corrected chi connectivity index (χ4v) is 5.27. The van der Waals surface area contributed by atoms with E-state index in [1.807, 2.05) is 6.92 Å². The molecular weight excluding hydrogens is 324 g/mol. The topological polar surface area (TPSA) is 55.1 Å². The van der Waals surface area contributed by atoms with Crippen molar-refractivity contribution in [1.29, 1.82) is 0 Å². The molecular formula is C22H26N2O2. The molecule has 1 fully saturated rings. The van der Waals surface area contributed by atoms with Gasteiger partial charge in [-0.2, -0.15) is 0 Å². The summed E-state index contributed by atoms with van der Waals surface area (Å²) in [7, 11) is 0. The van der Waals surface area contributed by atoms with E-state index < -0.39 is 0 Å². The molecule has 0 bridgehead atoms. The summed E-state index contributed by atoms with van der Waals surface area (Å²) in [6.07, 6.45) is 3.49. The zero-order valence-electron chi connectivity index (χ0n) is 15.9. The Morgan fingerprint density at radius 2 is 2.04 bits per heavy atom. The SMILES string of the molecule is Cc1ccccc1-n1c(C)nc2c1CC[C@H]1[C@H](C)C(=O)/C(=C\O)C[C@]21C. The standard InChI is InChI=1S/C22H26N2O2/c1-13-7-5-6-8-18(13)24-15(3)23-21-19(24)10-9-17-14(2)20(26)16(12-25)11-22(17,21)4/h5-8,12,14,17,25H,9-11H2,1-4H3/b16-12-/t14-,17-,22-/m0/s1. The van der Waals surface area contributed by atoms with Crippen LogP contribution < -0.4 is 0 Å². The lowest BCUT2D eigenvalue weighted by atomic mass is 9.56. The van der Waals surface area contributed by atoms with Gasteiger partial charge in [0.2, 0.25) is 0 Å². The summed E-state index contributed by atoms with van der Waals surface area (Å²) >= 11 is 0. The zero-order chi connectivity index (χ0) is 18.6. The van der Waals surface area contributed by atoms with Gasteiger partial charge in [0, 0.05) is 28.3 Å². The number of aliphatic hydroxyl groups is 1. The predicted molar refractivity (Wildman–Crippen MR) is 102 cm³/mol. The van der Waals surface area contributed by atoms with E-state index in [2.05, 4.69) is 49.6 Å². The number of nitrogens with zero attached hydrogens (tertiary/aromatic N) is 2. The first-order valence-corrected chi connectivity index (χ1v) is 9.40. The molecule has 0 spiro atoms. The van der Waals surface area contributed by atoms with Crippen LogP contribution in [0, 0.1) is 25.7 Å². The number of aliphatic hydroxyl groups excluding tert-OH is 1. The molecule has 26 heavy (non-hydrogen) atoms. The first-order chi connectivity index (χ1) is 12.4. The molecule has 4 heteroatoms. The van der Waals surface area contributed by atoms with Crippen LogP contribution in [-0.2, 0) is 16.6 Å². The minimum absolute atomic E-state index is 0.0794. The zero-order valence-corrected chi connectivity index (χ0v) is 15.9. The van der Waals surface area contributed by atoms with E-state index in [4.69, 9.17) is 4.98 Å². The number of Topliss-reactive ketones (excluding diaryl/α,β-unsaturated/α-hetero) is 1. The third kappa shape index (κ3) is 2.21. The van der Waals surface area contributed by atoms with Crippen LogP contribution in [0.2, 0.25) is 0 Å². The highest BCUT2D eigenvalue weighted by Crippen LogP contribution is 2.52. The van der Waals surface area contributed by atoms with Crippen molar-refractivity contribution in [3.63, 3.8) is 0 Å². The maximum absolute atomic E-state index is 12.5. The van der Waals surface area contributed by atoms with E-state index in [1.165, 1.54) is 16.9 Å². The molecule has 0 radical (unpaired) electrons. The average Bonchev–Trinajstić information content (AvgIpc) is 2.96. The number of imidazole rings is 1. The molecule has 2 aromatic rings. The predicted octanol–water partition coefficient (Wildman–Crippen LogP) is 4.36. The summed E-state index contributed by atoms with van der Waals surface area (Å²) in [6.45, 7) is 8.41. The van der Waals surface area contributed by atoms with Crippen molar-refractivity contribution >= 4 is 5.78 Å². The van der Waals surface area contributed by atoms with Gasteiger partial charge in [-0.3, -0.25) is 4.79 Å². The highest BCUT2D eigenvalue weighted by molar-refractivity contribution is 5.98. The van der Waals surface area contributed by atoms with Gasteiger partial charge in [-0.15, -0.1) is 0 Å². The van der Waals surface area contributed by atoms with Gasteiger partial charge >= 0.3 is 0 Å². The highest BCUT2D eigenvalue weighted by Gasteiger charge is 2.52. The molecule has 3 atom stereocenters. The Morgan fingerprint density at radius 3 is 2.73 bits per heavy atom. The van der Waals surface area contributed by atoms with Crippen LogP contribution in [0.3, 0.4) is 0 Å². The number of rotatable bonds is 1. The van der Waals surface area contributed by atoms with Crippen molar-refractivity contribution in [2.75, 3.05) is 0 Å². The molecule has 1 saturated carbocycles. The minimum atomic E-state index is -0.214. The Morgan fingerprint density at radius 1 is 1.31 bits per heavy atom. The number of allylic oxidation sites excluding steroid dienone is 1. The first kappa shape index (κ1) is 17.1. The number of aromatic nitrogens is 2. The summed E-state index contributed by atoms with van der Waals surface area (Å²) in [5.41, 5.74) is 5.09. The minimum Gasteiger partial charge on any atom is -0.515 e. The molecule has 0 unspecified atom stereocenters. The van der Waals surface area contributed by atoms with Crippen LogP contribution in [0.5, 0.6) is 0 Å². The summed E-state index contributed by atoms with van der Waals surface area (Å²) < 4.78 is 2.29. The Labute approximate surface area is 154 Å². The number of carbonyl (C=O) groups is 1. The summed E-state index contributed by atoms with van der Waals surface area (Å²) in [6, 6.07) is 8.39. The number of aryl methyl sites for hydroxylation is 2. The van der Waals surface area contributed by atoms with Gasteiger partial charge in [-0.1, -0.05) is 32.0 Å². The van der Waals surface area contributed by atoms with Gasteiger partial charge in [0.15, 0.2) is 5.78 Å². The van der Waals surface area contributed by atoms with Crippen molar-refractivity contribution in [2.24, 2.45) is 11.8 Å². The molecule has 1 N–H and O–H groups in total. The fourth-order valence-electron chi connectivity index (χ4n) is 5.27. The van der Waals surface area contributed by atoms with E-state index in [9.17, 15) is 9.90 Å². The molecule has 1 aromatic heterocycles. The number of carbonyl (C=O) groups excluding carboxylic acids is 1. The maximum Gasteiger partial charge on any atom is 0.165 e. The van der Waals surface area contributed by atoms with E-state index >= 15 is 0 Å². The second kappa shape index (κ2) is 5.83. The third-order valence-corrected chi connectivity index (χ3v) is 6.60. The number of fused-ring (bicyclic) bond motifs is 3. The smallest absolute Gasteiger partial charge is 0.165 e. The Hall–Kier alpha value is -2.36. The van der Waals surface area contributed by atoms with Crippen molar-refractivity contribution in [1.82, 2.24) is 9.55 Å². The molecule has 136 valence electrons. The van der Waals surface area contributed by atoms with E-state index in [0.29, 0.717) is 12.0 Å². The monoisotopic (exact) mass is 350 g/mol. The van der Waals surface area contributed by atoms with Crippen LogP contribution in [0.25, 0.3) is 5.69 Å². The summed E-state index contributed by atoms with van der Waals surface area (Å²) in [5, 5.41) is 9.60. The Balaban J connectivity index is 1.90. The lowest BCUT2D eigenvalue weighted by Crippen LogP contribution is -2.48. The van der Waals surface area contributed by atoms with Gasteiger partial charge < -0.3 is 9.67 Å². The molecule has 1 aromatic carbocycles. The van der Waals surface area contributed by atoms with Crippen molar-refractivity contribution in [3.8, 4) is 5.69 Å². The first-order valence-electron chi connectivity index (χ1n) is 9.40. The summed E-state index contributed by atoms with van der Waals surface area (Å²) in [4.78, 5) is 17.5. The lowest BCUT2D eigenvalue weighted by Gasteiger charge is -2.47. The summed E-state index contributed by atoms with van der Waals surface area (Å²) in [5.74, 6) is 1.27. The normalized spacial score (nSPS) is 29.5. The molecule has 2 aliphatic rings. The molecule has 0 saturated heterocycles. The molecule has 4 rings (SSSR count). The number of para-hydroxylation sites is 1. The second-order valence-corrected chi connectivity index (χ2v) is 8.12. The number of ketones is 1. The number of benzene rings is 1. The number of hydrogen-bond donors (Lipinski definition) is 1. The van der Waals surface area contributed by atoms with Gasteiger partial charge in [-0.25, -0.2) is 4.98 Å². The van der Waals surface area contributed by atoms with Gasteiger partial charge in [0.25, 0.3) is 0 Å². The quantitative estimate of drug-likeness (QED) is 0.614. The van der Waals surface area contributed by atoms with Gasteiger partial charge in [0.1, 0.15) is 5.82 Å². The van der Waals surface area contributed by atoms with Crippen LogP contribution in [0.1, 0.15) is 49.5 Å². The Kier molecular flexibility index (Phi) is 3.83. The second-order valence-electron chi connectivity index (χ2n) is 8.12. The number of hydrogen-bond acceptors (Lipinski definition) is 3. The van der Waals surface area contributed by atoms with Crippen molar-refractivity contribution in [3.05, 3.63) is 58.9 Å². The van der Waals surface area contributed by atoms with Crippen LogP contribution in [0.15, 0.2) is 36.1 Å². The van der Waals surface area contributed by atoms with Gasteiger partial charge in [0.05, 0.1) is 12.0 Å². The van der Waals surface area contributed by atoms with Crippen molar-refractivity contribution < 1.29 is 9.90 Å². The molecule has 4 nitrogen and oxygen atoms in total. The van der Waals surface area contributed by atoms with Gasteiger partial charge in [-0.05, 0) is 50.7 Å². The van der Waals surface area contributed by atoms with E-state index in [0.717, 1.165) is 30.6 Å². The largest absolute Gasteiger partial charge is 0.515 e. The average molecular weight is 350 g/mol. The van der Waals surface area contributed by atoms with E-state index in [-0.39, 0.29) is 23.0 Å². The van der Waals surface area contributed by atoms with Crippen molar-refractivity contribution in [2.45, 2.75) is 52.4 Å². The maximum atomic E-state index is 12.5. The van der Waals surface area contributed by atoms with Crippen LogP contribution in [0.4, 0.5) is 0 Å². The third-order valence-electron chi connectivity index (χ3n) is 6.60. The van der Waals surface area contributed by atoms with E-state index in [1.54, 1.807) is 0 Å². The lowest BCUT2D eigenvalue weighted by molar-refractivity contribution is -0.124. The van der Waals surface area contributed by atoms with Crippen LogP contribution in [-0.4, -0.2) is 20.4 Å². The molecule has 0 aliphatic heterocycles.